The Labute approximate surface area is 171 Å². The fourth-order valence-corrected chi connectivity index (χ4v) is 2.86. The highest BCUT2D eigenvalue weighted by atomic mass is 16.5. The van der Waals surface area contributed by atoms with E-state index in [0.717, 1.165) is 11.1 Å². The molecule has 0 heterocycles. The summed E-state index contributed by atoms with van der Waals surface area (Å²) in [5, 5.41) is 14.1. The largest absolute Gasteiger partial charge is 0.497 e. The van der Waals surface area contributed by atoms with Gasteiger partial charge in [-0.05, 0) is 40.8 Å². The van der Waals surface area contributed by atoms with Crippen molar-refractivity contribution in [3.63, 3.8) is 0 Å². The van der Waals surface area contributed by atoms with E-state index < -0.39 is 11.9 Å². The molecule has 0 radical (unpaired) electrons. The standard InChI is InChI=1S/C23H27N3O3/c1-23(2,3)18-9-6-8-17(15-18)21(27)26-20(22(28)25-12-11-24)14-16-7-5-10-19(13-16)29-4/h5-10,13,15,20H,12,14H2,1-4H3,(H,25,28)(H,26,27)/t20-/m0/s1. The van der Waals surface area contributed by atoms with Gasteiger partial charge in [-0.3, -0.25) is 9.59 Å². The molecule has 0 aliphatic heterocycles. The maximum Gasteiger partial charge on any atom is 0.251 e. The first-order valence-corrected chi connectivity index (χ1v) is 9.43. The van der Waals surface area contributed by atoms with Crippen LogP contribution in [0.3, 0.4) is 0 Å². The first-order valence-electron chi connectivity index (χ1n) is 9.43. The SMILES string of the molecule is COc1cccc(C[C@H](NC(=O)c2cccc(C(C)(C)C)c2)C(=O)NCC#N)c1. The van der Waals surface area contributed by atoms with E-state index in [1.165, 1.54) is 0 Å². The van der Waals surface area contributed by atoms with E-state index in [2.05, 4.69) is 31.4 Å². The van der Waals surface area contributed by atoms with Crippen molar-refractivity contribution in [3.05, 3.63) is 65.2 Å². The average Bonchev–Trinajstić information content (AvgIpc) is 2.71. The van der Waals surface area contributed by atoms with Gasteiger partial charge in [-0.25, -0.2) is 0 Å². The molecular formula is C23H27N3O3. The zero-order chi connectivity index (χ0) is 21.4. The molecule has 0 saturated heterocycles. The summed E-state index contributed by atoms with van der Waals surface area (Å²) < 4.78 is 5.23. The van der Waals surface area contributed by atoms with Crippen molar-refractivity contribution in [3.8, 4) is 11.8 Å². The number of nitriles is 1. The first kappa shape index (κ1) is 22.0. The summed E-state index contributed by atoms with van der Waals surface area (Å²) in [6.07, 6.45) is 0.277. The third-order valence-corrected chi connectivity index (χ3v) is 4.53. The Morgan fingerprint density at radius 3 is 2.52 bits per heavy atom. The molecule has 6 heteroatoms. The molecule has 2 rings (SSSR count). The van der Waals surface area contributed by atoms with Crippen LogP contribution >= 0.6 is 0 Å². The number of rotatable bonds is 7. The second-order valence-electron chi connectivity index (χ2n) is 7.79. The number of ether oxygens (including phenoxy) is 1. The van der Waals surface area contributed by atoms with E-state index >= 15 is 0 Å². The van der Waals surface area contributed by atoms with Crippen molar-refractivity contribution >= 4 is 11.8 Å². The highest BCUT2D eigenvalue weighted by molar-refractivity contribution is 5.97. The quantitative estimate of drug-likeness (QED) is 0.708. The van der Waals surface area contributed by atoms with Crippen molar-refractivity contribution in [2.75, 3.05) is 13.7 Å². The van der Waals surface area contributed by atoms with Crippen LogP contribution in [0.4, 0.5) is 0 Å². The van der Waals surface area contributed by atoms with Gasteiger partial charge in [-0.15, -0.1) is 0 Å². The molecule has 0 aliphatic carbocycles. The van der Waals surface area contributed by atoms with Gasteiger partial charge < -0.3 is 15.4 Å². The zero-order valence-electron chi connectivity index (χ0n) is 17.3. The van der Waals surface area contributed by atoms with Crippen molar-refractivity contribution in [1.29, 1.82) is 5.26 Å². The van der Waals surface area contributed by atoms with Crippen LogP contribution in [0.25, 0.3) is 0 Å². The predicted molar refractivity (Wildman–Crippen MR) is 112 cm³/mol. The van der Waals surface area contributed by atoms with E-state index in [1.54, 1.807) is 13.2 Å². The van der Waals surface area contributed by atoms with Gasteiger partial charge in [0.25, 0.3) is 5.91 Å². The highest BCUT2D eigenvalue weighted by Gasteiger charge is 2.23. The smallest absolute Gasteiger partial charge is 0.251 e. The Balaban J connectivity index is 2.23. The van der Waals surface area contributed by atoms with Crippen LogP contribution in [0.5, 0.6) is 5.75 Å². The van der Waals surface area contributed by atoms with Crippen molar-refractivity contribution in [2.45, 2.75) is 38.6 Å². The van der Waals surface area contributed by atoms with Gasteiger partial charge in [0.1, 0.15) is 18.3 Å². The molecule has 2 aromatic rings. The highest BCUT2D eigenvalue weighted by Crippen LogP contribution is 2.23. The van der Waals surface area contributed by atoms with E-state index in [-0.39, 0.29) is 24.3 Å². The number of hydrogen-bond acceptors (Lipinski definition) is 4. The number of nitrogens with one attached hydrogen (secondary N) is 2. The lowest BCUT2D eigenvalue weighted by atomic mass is 9.86. The molecule has 0 fully saturated rings. The molecule has 6 nitrogen and oxygen atoms in total. The van der Waals surface area contributed by atoms with Crippen molar-refractivity contribution < 1.29 is 14.3 Å². The monoisotopic (exact) mass is 393 g/mol. The third kappa shape index (κ3) is 6.35. The minimum Gasteiger partial charge on any atom is -0.497 e. The third-order valence-electron chi connectivity index (χ3n) is 4.53. The van der Waals surface area contributed by atoms with E-state index in [1.807, 2.05) is 48.5 Å². The molecule has 0 bridgehead atoms. The van der Waals surface area contributed by atoms with E-state index in [0.29, 0.717) is 11.3 Å². The van der Waals surface area contributed by atoms with Gasteiger partial charge in [-0.2, -0.15) is 5.26 Å². The minimum absolute atomic E-state index is 0.0968. The molecular weight excluding hydrogens is 366 g/mol. The summed E-state index contributed by atoms with van der Waals surface area (Å²) in [7, 11) is 1.57. The number of methoxy groups -OCH3 is 1. The molecule has 2 aromatic carbocycles. The van der Waals surface area contributed by atoms with Crippen LogP contribution in [-0.2, 0) is 16.6 Å². The molecule has 2 N–H and O–H groups in total. The maximum absolute atomic E-state index is 12.8. The number of carbonyl (C=O) groups excluding carboxylic acids is 2. The number of hydrogen-bond donors (Lipinski definition) is 2. The predicted octanol–water partition coefficient (Wildman–Crippen LogP) is 2.97. The molecule has 0 saturated carbocycles. The molecule has 0 spiro atoms. The Bertz CT molecular complexity index is 910. The van der Waals surface area contributed by atoms with Gasteiger partial charge in [0.05, 0.1) is 13.2 Å². The van der Waals surface area contributed by atoms with Crippen LogP contribution in [0, 0.1) is 11.3 Å². The second-order valence-corrected chi connectivity index (χ2v) is 7.79. The molecule has 0 aromatic heterocycles. The summed E-state index contributed by atoms with van der Waals surface area (Å²) in [6, 6.07) is 15.7. The lowest BCUT2D eigenvalue weighted by molar-refractivity contribution is -0.122. The number of carbonyl (C=O) groups is 2. The van der Waals surface area contributed by atoms with Crippen LogP contribution in [0.15, 0.2) is 48.5 Å². The van der Waals surface area contributed by atoms with Crippen molar-refractivity contribution in [1.82, 2.24) is 10.6 Å². The van der Waals surface area contributed by atoms with Crippen molar-refractivity contribution in [2.24, 2.45) is 0 Å². The Kier molecular flexibility index (Phi) is 7.38. The lowest BCUT2D eigenvalue weighted by Gasteiger charge is -2.21. The van der Waals surface area contributed by atoms with Gasteiger partial charge in [0.2, 0.25) is 5.91 Å². The van der Waals surface area contributed by atoms with Gasteiger partial charge in [-0.1, -0.05) is 45.0 Å². The normalized spacial score (nSPS) is 11.8. The Hall–Kier alpha value is -3.33. The molecule has 152 valence electrons. The molecule has 2 amide bonds. The van der Waals surface area contributed by atoms with Crippen LogP contribution in [-0.4, -0.2) is 31.5 Å². The van der Waals surface area contributed by atoms with Gasteiger partial charge >= 0.3 is 0 Å². The summed E-state index contributed by atoms with van der Waals surface area (Å²) in [5.41, 5.74) is 2.26. The molecule has 0 aliphatic rings. The summed E-state index contributed by atoms with van der Waals surface area (Å²) >= 11 is 0. The fraction of sp³-hybridized carbons (Fsp3) is 0.348. The summed E-state index contributed by atoms with van der Waals surface area (Å²) in [4.78, 5) is 25.4. The molecule has 29 heavy (non-hydrogen) atoms. The number of nitrogens with zero attached hydrogens (tertiary/aromatic N) is 1. The second kappa shape index (κ2) is 9.74. The van der Waals surface area contributed by atoms with Gasteiger partial charge in [0.15, 0.2) is 0 Å². The number of benzene rings is 2. The van der Waals surface area contributed by atoms with Crippen LogP contribution in [0.1, 0.15) is 42.3 Å². The summed E-state index contributed by atoms with van der Waals surface area (Å²) in [6.45, 7) is 6.10. The van der Waals surface area contributed by atoms with E-state index in [4.69, 9.17) is 10.00 Å². The summed E-state index contributed by atoms with van der Waals surface area (Å²) in [5.74, 6) is -0.0753. The molecule has 1 atom stereocenters. The number of amides is 2. The lowest BCUT2D eigenvalue weighted by Crippen LogP contribution is -2.48. The average molecular weight is 393 g/mol. The Morgan fingerprint density at radius 1 is 1.14 bits per heavy atom. The van der Waals surface area contributed by atoms with E-state index in [9.17, 15) is 9.59 Å². The zero-order valence-corrected chi connectivity index (χ0v) is 17.3. The topological polar surface area (TPSA) is 91.2 Å². The molecule has 0 unspecified atom stereocenters. The minimum atomic E-state index is -0.818. The first-order chi connectivity index (χ1) is 13.7. The van der Waals surface area contributed by atoms with Gasteiger partial charge in [0, 0.05) is 12.0 Å². The van der Waals surface area contributed by atoms with Crippen LogP contribution in [0.2, 0.25) is 0 Å². The maximum atomic E-state index is 12.8. The fourth-order valence-electron chi connectivity index (χ4n) is 2.86. The van der Waals surface area contributed by atoms with Crippen LogP contribution < -0.4 is 15.4 Å². The Morgan fingerprint density at radius 2 is 1.86 bits per heavy atom.